The molecule has 1 aliphatic rings. The molecular formula is C23H22. The van der Waals surface area contributed by atoms with Crippen LogP contribution in [0, 0.1) is 0 Å². The van der Waals surface area contributed by atoms with Crippen LogP contribution in [0.2, 0.25) is 0 Å². The van der Waals surface area contributed by atoms with Crippen LogP contribution in [0.5, 0.6) is 0 Å². The Morgan fingerprint density at radius 1 is 0.435 bits per heavy atom. The van der Waals surface area contributed by atoms with Gasteiger partial charge in [-0.25, -0.2) is 0 Å². The first-order chi connectivity index (χ1) is 11.4. The van der Waals surface area contributed by atoms with E-state index in [1.165, 1.54) is 29.5 Å². The monoisotopic (exact) mass is 298 g/mol. The normalized spacial score (nSPS) is 23.7. The predicted octanol–water partition coefficient (Wildman–Crippen LogP) is 6.13. The van der Waals surface area contributed by atoms with Gasteiger partial charge in [-0.2, -0.15) is 0 Å². The van der Waals surface area contributed by atoms with E-state index in [1.54, 1.807) is 0 Å². The Bertz CT molecular complexity index is 683. The van der Waals surface area contributed by atoms with Gasteiger partial charge in [0, 0.05) is 0 Å². The van der Waals surface area contributed by atoms with Crippen molar-refractivity contribution < 1.29 is 0 Å². The lowest BCUT2D eigenvalue weighted by Crippen LogP contribution is -2.04. The Balaban J connectivity index is 1.70. The van der Waals surface area contributed by atoms with Crippen LogP contribution >= 0.6 is 0 Å². The summed E-state index contributed by atoms with van der Waals surface area (Å²) < 4.78 is 0. The molecule has 0 heterocycles. The topological polar surface area (TPSA) is 0 Å². The molecule has 1 saturated carbocycles. The fraction of sp³-hybridized carbons (Fsp3) is 0.217. The van der Waals surface area contributed by atoms with Gasteiger partial charge in [0.25, 0.3) is 0 Å². The Hall–Kier alpha value is -2.34. The zero-order chi connectivity index (χ0) is 15.5. The van der Waals surface area contributed by atoms with Gasteiger partial charge < -0.3 is 0 Å². The van der Waals surface area contributed by atoms with E-state index in [9.17, 15) is 0 Å². The molecule has 0 amide bonds. The summed E-state index contributed by atoms with van der Waals surface area (Å²) in [6, 6.07) is 33.2. The molecule has 4 rings (SSSR count). The highest BCUT2D eigenvalue weighted by atomic mass is 14.4. The van der Waals surface area contributed by atoms with Gasteiger partial charge in [0.05, 0.1) is 0 Å². The maximum absolute atomic E-state index is 2.30. The van der Waals surface area contributed by atoms with Crippen LogP contribution in [0.25, 0.3) is 0 Å². The second-order valence-electron chi connectivity index (χ2n) is 6.61. The van der Waals surface area contributed by atoms with Crippen LogP contribution < -0.4 is 0 Å². The van der Waals surface area contributed by atoms with E-state index >= 15 is 0 Å². The van der Waals surface area contributed by atoms with Gasteiger partial charge in [-0.1, -0.05) is 91.0 Å². The van der Waals surface area contributed by atoms with Crippen molar-refractivity contribution in [2.45, 2.75) is 30.6 Å². The van der Waals surface area contributed by atoms with Crippen molar-refractivity contribution in [2.75, 3.05) is 0 Å². The summed E-state index contributed by atoms with van der Waals surface area (Å²) in [7, 11) is 0. The third-order valence-electron chi connectivity index (χ3n) is 5.29. The standard InChI is InChI=1S/C23H22/c1-4-10-18(11-5-1)21-16-22(19-12-6-2-7-13-19)23(17-21)20-14-8-3-9-15-20/h1-15,21-23H,16-17H2. The average molecular weight is 298 g/mol. The van der Waals surface area contributed by atoms with Crippen LogP contribution in [0.15, 0.2) is 91.0 Å². The largest absolute Gasteiger partial charge is 0.0622 e. The maximum Gasteiger partial charge on any atom is -0.00871 e. The number of hydrogen-bond acceptors (Lipinski definition) is 0. The molecule has 0 nitrogen and oxygen atoms in total. The van der Waals surface area contributed by atoms with E-state index < -0.39 is 0 Å². The lowest BCUT2D eigenvalue weighted by molar-refractivity contribution is 0.624. The molecule has 0 saturated heterocycles. The van der Waals surface area contributed by atoms with Crippen molar-refractivity contribution in [3.8, 4) is 0 Å². The van der Waals surface area contributed by atoms with Crippen molar-refractivity contribution in [1.29, 1.82) is 0 Å². The van der Waals surface area contributed by atoms with Crippen LogP contribution in [0.1, 0.15) is 47.3 Å². The maximum atomic E-state index is 2.30. The third-order valence-corrected chi connectivity index (χ3v) is 5.29. The van der Waals surface area contributed by atoms with Gasteiger partial charge in [-0.15, -0.1) is 0 Å². The fourth-order valence-corrected chi connectivity index (χ4v) is 4.17. The van der Waals surface area contributed by atoms with Crippen LogP contribution in [-0.4, -0.2) is 0 Å². The molecule has 114 valence electrons. The minimum absolute atomic E-state index is 0.615. The summed E-state index contributed by atoms with van der Waals surface area (Å²) in [5.41, 5.74) is 4.46. The highest BCUT2D eigenvalue weighted by Gasteiger charge is 2.36. The molecule has 0 aliphatic heterocycles. The fourth-order valence-electron chi connectivity index (χ4n) is 4.17. The van der Waals surface area contributed by atoms with Crippen molar-refractivity contribution >= 4 is 0 Å². The first-order valence-corrected chi connectivity index (χ1v) is 8.56. The zero-order valence-electron chi connectivity index (χ0n) is 13.3. The number of benzene rings is 3. The highest BCUT2D eigenvalue weighted by molar-refractivity contribution is 5.34. The minimum atomic E-state index is 0.615. The molecule has 1 fully saturated rings. The van der Waals surface area contributed by atoms with Crippen LogP contribution in [-0.2, 0) is 0 Å². The van der Waals surface area contributed by atoms with E-state index in [4.69, 9.17) is 0 Å². The summed E-state index contributed by atoms with van der Waals surface area (Å²) in [6.07, 6.45) is 2.49. The average Bonchev–Trinajstić information content (AvgIpc) is 3.09. The quantitative estimate of drug-likeness (QED) is 0.545. The second-order valence-corrected chi connectivity index (χ2v) is 6.61. The summed E-state index contributed by atoms with van der Waals surface area (Å²) >= 11 is 0. The molecule has 0 heteroatoms. The van der Waals surface area contributed by atoms with Gasteiger partial charge in [-0.3, -0.25) is 0 Å². The molecule has 2 unspecified atom stereocenters. The Morgan fingerprint density at radius 2 is 0.783 bits per heavy atom. The Labute approximate surface area is 138 Å². The van der Waals surface area contributed by atoms with Gasteiger partial charge in [-0.05, 0) is 47.3 Å². The minimum Gasteiger partial charge on any atom is -0.0622 e. The molecule has 2 atom stereocenters. The van der Waals surface area contributed by atoms with E-state index in [2.05, 4.69) is 91.0 Å². The van der Waals surface area contributed by atoms with Crippen molar-refractivity contribution in [2.24, 2.45) is 0 Å². The third kappa shape index (κ3) is 2.94. The smallest absolute Gasteiger partial charge is 0.00871 e. The lowest BCUT2D eigenvalue weighted by Gasteiger charge is -2.20. The summed E-state index contributed by atoms with van der Waals surface area (Å²) in [5.74, 6) is 1.89. The summed E-state index contributed by atoms with van der Waals surface area (Å²) in [6.45, 7) is 0. The van der Waals surface area contributed by atoms with Crippen molar-refractivity contribution in [3.05, 3.63) is 108 Å². The van der Waals surface area contributed by atoms with Gasteiger partial charge in [0.1, 0.15) is 0 Å². The van der Waals surface area contributed by atoms with E-state index in [-0.39, 0.29) is 0 Å². The van der Waals surface area contributed by atoms with E-state index in [0.29, 0.717) is 17.8 Å². The summed E-state index contributed by atoms with van der Waals surface area (Å²) in [4.78, 5) is 0. The van der Waals surface area contributed by atoms with Crippen molar-refractivity contribution in [1.82, 2.24) is 0 Å². The molecular weight excluding hydrogens is 276 g/mol. The molecule has 23 heavy (non-hydrogen) atoms. The van der Waals surface area contributed by atoms with Crippen LogP contribution in [0.4, 0.5) is 0 Å². The van der Waals surface area contributed by atoms with Crippen molar-refractivity contribution in [3.63, 3.8) is 0 Å². The molecule has 0 bridgehead atoms. The first-order valence-electron chi connectivity index (χ1n) is 8.56. The molecule has 1 aliphatic carbocycles. The molecule has 0 aromatic heterocycles. The molecule has 0 radical (unpaired) electrons. The van der Waals surface area contributed by atoms with Crippen LogP contribution in [0.3, 0.4) is 0 Å². The van der Waals surface area contributed by atoms with Gasteiger partial charge in [0.2, 0.25) is 0 Å². The van der Waals surface area contributed by atoms with E-state index in [0.717, 1.165) is 0 Å². The SMILES string of the molecule is c1ccc(C2CC(c3ccccc3)C(c3ccccc3)C2)cc1. The van der Waals surface area contributed by atoms with Gasteiger partial charge >= 0.3 is 0 Å². The molecule has 0 N–H and O–H groups in total. The Morgan fingerprint density at radius 3 is 1.17 bits per heavy atom. The molecule has 3 aromatic rings. The summed E-state index contributed by atoms with van der Waals surface area (Å²) in [5, 5.41) is 0. The Kier molecular flexibility index (Phi) is 3.98. The molecule has 0 spiro atoms. The first kappa shape index (κ1) is 14.3. The predicted molar refractivity (Wildman–Crippen MR) is 96.8 cm³/mol. The molecule has 3 aromatic carbocycles. The van der Waals surface area contributed by atoms with Gasteiger partial charge in [0.15, 0.2) is 0 Å². The number of hydrogen-bond donors (Lipinski definition) is 0. The zero-order valence-corrected chi connectivity index (χ0v) is 13.3. The second kappa shape index (κ2) is 6.42. The number of rotatable bonds is 3. The highest BCUT2D eigenvalue weighted by Crippen LogP contribution is 2.52. The lowest BCUT2D eigenvalue weighted by atomic mass is 9.84. The van der Waals surface area contributed by atoms with E-state index in [1.807, 2.05) is 0 Å².